The number of halogens is 1. The summed E-state index contributed by atoms with van der Waals surface area (Å²) in [6.45, 7) is 5.24. The minimum atomic E-state index is 0. The molecule has 5 nitrogen and oxygen atoms in total. The molecule has 2 aromatic heterocycles. The highest BCUT2D eigenvalue weighted by atomic mass is 127. The predicted octanol–water partition coefficient (Wildman–Crippen LogP) is 2.88. The molecule has 21 heavy (non-hydrogen) atoms. The molecular formula is C14H21IN4OS. The molecule has 0 aliphatic rings. The number of aryl methyl sites for hydroxylation is 2. The van der Waals surface area contributed by atoms with Gasteiger partial charge in [-0.25, -0.2) is 4.98 Å². The van der Waals surface area contributed by atoms with Crippen molar-refractivity contribution in [1.29, 1.82) is 0 Å². The van der Waals surface area contributed by atoms with Crippen molar-refractivity contribution in [2.24, 2.45) is 4.99 Å². The van der Waals surface area contributed by atoms with Crippen LogP contribution in [0.3, 0.4) is 0 Å². The number of nitrogens with zero attached hydrogens (tertiary/aromatic N) is 2. The quantitative estimate of drug-likeness (QED) is 0.444. The Morgan fingerprint density at radius 3 is 2.76 bits per heavy atom. The minimum Gasteiger partial charge on any atom is -0.444 e. The molecule has 0 aliphatic carbocycles. The summed E-state index contributed by atoms with van der Waals surface area (Å²) in [5, 5.41) is 10.7. The van der Waals surface area contributed by atoms with Crippen molar-refractivity contribution in [1.82, 2.24) is 15.6 Å². The summed E-state index contributed by atoms with van der Waals surface area (Å²) in [6.07, 6.45) is 0.988. The normalized spacial score (nSPS) is 11.1. The van der Waals surface area contributed by atoms with Gasteiger partial charge in [0.25, 0.3) is 0 Å². The van der Waals surface area contributed by atoms with E-state index < -0.39 is 0 Å². The first-order valence-electron chi connectivity index (χ1n) is 6.57. The van der Waals surface area contributed by atoms with E-state index in [0.29, 0.717) is 12.4 Å². The SMILES string of the molecule is CN=C(NCCc1ccsc1)NCc1nc(C)c(C)o1.I. The van der Waals surface area contributed by atoms with Gasteiger partial charge in [-0.2, -0.15) is 11.3 Å². The molecule has 0 amide bonds. The number of oxazole rings is 1. The fourth-order valence-corrected chi connectivity index (χ4v) is 2.46. The Labute approximate surface area is 146 Å². The Kier molecular flexibility index (Phi) is 7.73. The summed E-state index contributed by atoms with van der Waals surface area (Å²) < 4.78 is 5.52. The fourth-order valence-electron chi connectivity index (χ4n) is 1.75. The van der Waals surface area contributed by atoms with E-state index in [1.54, 1.807) is 18.4 Å². The first-order valence-corrected chi connectivity index (χ1v) is 7.52. The number of aliphatic imine (C=N–C) groups is 1. The van der Waals surface area contributed by atoms with E-state index >= 15 is 0 Å². The molecule has 0 radical (unpaired) electrons. The first-order chi connectivity index (χ1) is 9.69. The highest BCUT2D eigenvalue weighted by molar-refractivity contribution is 14.0. The maximum absolute atomic E-state index is 5.52. The smallest absolute Gasteiger partial charge is 0.214 e. The van der Waals surface area contributed by atoms with Crippen LogP contribution >= 0.6 is 35.3 Å². The second kappa shape index (κ2) is 9.04. The van der Waals surface area contributed by atoms with Gasteiger partial charge in [0, 0.05) is 13.6 Å². The monoisotopic (exact) mass is 420 g/mol. The zero-order valence-electron chi connectivity index (χ0n) is 12.5. The molecule has 2 aromatic rings. The summed E-state index contributed by atoms with van der Waals surface area (Å²) >= 11 is 1.72. The van der Waals surface area contributed by atoms with Gasteiger partial charge in [0.05, 0.1) is 12.2 Å². The molecule has 0 saturated heterocycles. The molecule has 2 rings (SSSR count). The largest absolute Gasteiger partial charge is 0.444 e. The molecule has 0 atom stereocenters. The summed E-state index contributed by atoms with van der Waals surface area (Å²) in [7, 11) is 1.76. The third kappa shape index (κ3) is 5.66. The second-order valence-electron chi connectivity index (χ2n) is 4.48. The van der Waals surface area contributed by atoms with Crippen molar-refractivity contribution in [3.63, 3.8) is 0 Å². The van der Waals surface area contributed by atoms with Crippen LogP contribution in [0.2, 0.25) is 0 Å². The maximum Gasteiger partial charge on any atom is 0.214 e. The number of nitrogens with one attached hydrogen (secondary N) is 2. The van der Waals surface area contributed by atoms with Crippen molar-refractivity contribution in [2.75, 3.05) is 13.6 Å². The molecule has 116 valence electrons. The highest BCUT2D eigenvalue weighted by Gasteiger charge is 2.06. The maximum atomic E-state index is 5.52. The van der Waals surface area contributed by atoms with Gasteiger partial charge in [-0.15, -0.1) is 24.0 Å². The van der Waals surface area contributed by atoms with Crippen LogP contribution in [-0.4, -0.2) is 24.5 Å². The van der Waals surface area contributed by atoms with Gasteiger partial charge < -0.3 is 15.1 Å². The molecule has 0 unspecified atom stereocenters. The Morgan fingerprint density at radius 2 is 2.19 bits per heavy atom. The fraction of sp³-hybridized carbons (Fsp3) is 0.429. The summed E-state index contributed by atoms with van der Waals surface area (Å²) in [5.41, 5.74) is 2.28. The standard InChI is InChI=1S/C14H20N4OS.HI/c1-10-11(2)19-13(18-10)8-17-14(15-3)16-6-4-12-5-7-20-9-12;/h5,7,9H,4,6,8H2,1-3H3,(H2,15,16,17);1H. The molecule has 0 fully saturated rings. The molecule has 0 aliphatic heterocycles. The van der Waals surface area contributed by atoms with Gasteiger partial charge in [0.2, 0.25) is 5.89 Å². The van der Waals surface area contributed by atoms with E-state index in [1.807, 2.05) is 13.8 Å². The molecule has 0 bridgehead atoms. The molecule has 0 aromatic carbocycles. The van der Waals surface area contributed by atoms with Crippen LogP contribution in [0.1, 0.15) is 22.9 Å². The lowest BCUT2D eigenvalue weighted by Gasteiger charge is -2.09. The van der Waals surface area contributed by atoms with Gasteiger partial charge >= 0.3 is 0 Å². The van der Waals surface area contributed by atoms with Crippen LogP contribution in [-0.2, 0) is 13.0 Å². The molecule has 0 spiro atoms. The Morgan fingerprint density at radius 1 is 1.38 bits per heavy atom. The van der Waals surface area contributed by atoms with Gasteiger partial charge in [0.15, 0.2) is 5.96 Å². The molecule has 2 heterocycles. The lowest BCUT2D eigenvalue weighted by atomic mass is 10.2. The van der Waals surface area contributed by atoms with Crippen LogP contribution in [0, 0.1) is 13.8 Å². The van der Waals surface area contributed by atoms with Crippen LogP contribution in [0.5, 0.6) is 0 Å². The second-order valence-corrected chi connectivity index (χ2v) is 5.26. The van der Waals surface area contributed by atoms with Crippen LogP contribution in [0.4, 0.5) is 0 Å². The Bertz CT molecular complexity index is 546. The molecule has 2 N–H and O–H groups in total. The van der Waals surface area contributed by atoms with Crippen LogP contribution in [0.25, 0.3) is 0 Å². The first kappa shape index (κ1) is 18.0. The van der Waals surface area contributed by atoms with E-state index in [1.165, 1.54) is 5.56 Å². The number of hydrogen-bond donors (Lipinski definition) is 2. The third-order valence-corrected chi connectivity index (χ3v) is 3.72. The van der Waals surface area contributed by atoms with Crippen LogP contribution < -0.4 is 10.6 Å². The number of aromatic nitrogens is 1. The number of thiophene rings is 1. The summed E-state index contributed by atoms with van der Waals surface area (Å²) in [5.74, 6) is 2.30. The van der Waals surface area contributed by atoms with E-state index in [-0.39, 0.29) is 24.0 Å². The molecular weight excluding hydrogens is 399 g/mol. The summed E-state index contributed by atoms with van der Waals surface area (Å²) in [6, 6.07) is 2.14. The Balaban J connectivity index is 0.00000220. The lowest BCUT2D eigenvalue weighted by Crippen LogP contribution is -2.37. The van der Waals surface area contributed by atoms with E-state index in [4.69, 9.17) is 4.42 Å². The van der Waals surface area contributed by atoms with Crippen molar-refractivity contribution >= 4 is 41.3 Å². The van der Waals surface area contributed by atoms with E-state index in [0.717, 1.165) is 30.4 Å². The third-order valence-electron chi connectivity index (χ3n) is 2.99. The van der Waals surface area contributed by atoms with Gasteiger partial charge in [-0.1, -0.05) is 0 Å². The number of guanidine groups is 1. The average molecular weight is 420 g/mol. The van der Waals surface area contributed by atoms with Crippen molar-refractivity contribution < 1.29 is 4.42 Å². The highest BCUT2D eigenvalue weighted by Crippen LogP contribution is 2.07. The predicted molar refractivity (Wildman–Crippen MR) is 97.6 cm³/mol. The molecule has 7 heteroatoms. The lowest BCUT2D eigenvalue weighted by molar-refractivity contribution is 0.464. The zero-order chi connectivity index (χ0) is 14.4. The van der Waals surface area contributed by atoms with Gasteiger partial charge in [-0.3, -0.25) is 4.99 Å². The number of hydrogen-bond acceptors (Lipinski definition) is 4. The van der Waals surface area contributed by atoms with Crippen molar-refractivity contribution in [3.8, 4) is 0 Å². The topological polar surface area (TPSA) is 62.5 Å². The van der Waals surface area contributed by atoms with Crippen molar-refractivity contribution in [2.45, 2.75) is 26.8 Å². The van der Waals surface area contributed by atoms with Crippen molar-refractivity contribution in [3.05, 3.63) is 39.7 Å². The van der Waals surface area contributed by atoms with Crippen LogP contribution in [0.15, 0.2) is 26.2 Å². The summed E-state index contributed by atoms with van der Waals surface area (Å²) in [4.78, 5) is 8.51. The van der Waals surface area contributed by atoms with E-state index in [9.17, 15) is 0 Å². The molecule has 0 saturated carbocycles. The Hall–Kier alpha value is -1.09. The number of rotatable bonds is 5. The average Bonchev–Trinajstić information content (AvgIpc) is 3.05. The van der Waals surface area contributed by atoms with Gasteiger partial charge in [0.1, 0.15) is 5.76 Å². The van der Waals surface area contributed by atoms with Gasteiger partial charge in [-0.05, 0) is 42.7 Å². The van der Waals surface area contributed by atoms with E-state index in [2.05, 4.69) is 37.4 Å². The minimum absolute atomic E-state index is 0. The zero-order valence-corrected chi connectivity index (χ0v) is 15.6.